The van der Waals surface area contributed by atoms with E-state index in [1.54, 1.807) is 0 Å². The quantitative estimate of drug-likeness (QED) is 0.803. The Hall–Kier alpha value is -1.02. The van der Waals surface area contributed by atoms with Crippen LogP contribution in [-0.4, -0.2) is 13.7 Å². The Labute approximate surface area is 104 Å². The van der Waals surface area contributed by atoms with E-state index in [4.69, 9.17) is 4.74 Å². The Morgan fingerprint density at radius 2 is 2.00 bits per heavy atom. The summed E-state index contributed by atoms with van der Waals surface area (Å²) < 4.78 is 5.93. The van der Waals surface area contributed by atoms with Gasteiger partial charge in [-0.05, 0) is 19.4 Å². The van der Waals surface area contributed by atoms with Gasteiger partial charge in [0.2, 0.25) is 0 Å². The molecule has 0 spiro atoms. The third-order valence-electron chi connectivity index (χ3n) is 3.45. The van der Waals surface area contributed by atoms with E-state index in [9.17, 15) is 0 Å². The first kappa shape index (κ1) is 12.4. The van der Waals surface area contributed by atoms with Crippen molar-refractivity contribution in [1.29, 1.82) is 0 Å². The monoisotopic (exact) mass is 233 g/mol. The summed E-state index contributed by atoms with van der Waals surface area (Å²) >= 11 is 0. The number of hydrogen-bond acceptors (Lipinski definition) is 2. The summed E-state index contributed by atoms with van der Waals surface area (Å²) in [6, 6.07) is 4.95. The van der Waals surface area contributed by atoms with Gasteiger partial charge < -0.3 is 10.1 Å². The summed E-state index contributed by atoms with van der Waals surface area (Å²) in [6.07, 6.45) is 1.05. The molecule has 2 heteroatoms. The highest BCUT2D eigenvalue weighted by atomic mass is 16.5. The lowest BCUT2D eigenvalue weighted by molar-refractivity contribution is 0.251. The summed E-state index contributed by atoms with van der Waals surface area (Å²) in [6.45, 7) is 9.71. The zero-order valence-electron chi connectivity index (χ0n) is 11.6. The number of nitrogens with one attached hydrogen (secondary N) is 1. The second-order valence-electron chi connectivity index (χ2n) is 5.96. The second-order valence-corrected chi connectivity index (χ2v) is 5.96. The predicted octanol–water partition coefficient (Wildman–Crippen LogP) is 3.34. The Kier molecular flexibility index (Phi) is 3.17. The van der Waals surface area contributed by atoms with E-state index >= 15 is 0 Å². The van der Waals surface area contributed by atoms with Gasteiger partial charge in [-0.15, -0.1) is 0 Å². The van der Waals surface area contributed by atoms with Crippen molar-refractivity contribution in [2.45, 2.75) is 45.6 Å². The molecule has 0 aromatic heterocycles. The molecule has 0 radical (unpaired) electrons. The average Bonchev–Trinajstić information content (AvgIpc) is 2.26. The van der Waals surface area contributed by atoms with Gasteiger partial charge in [0, 0.05) is 23.6 Å². The van der Waals surface area contributed by atoms with Crippen LogP contribution in [0.4, 0.5) is 0 Å². The van der Waals surface area contributed by atoms with Crippen molar-refractivity contribution in [3.05, 3.63) is 28.8 Å². The fourth-order valence-corrected chi connectivity index (χ4v) is 2.51. The molecule has 1 aliphatic heterocycles. The minimum Gasteiger partial charge on any atom is -0.493 e. The van der Waals surface area contributed by atoms with Crippen LogP contribution in [-0.2, 0) is 5.41 Å². The minimum absolute atomic E-state index is 0.131. The molecule has 94 valence electrons. The highest BCUT2D eigenvalue weighted by molar-refractivity contribution is 5.50. The molecule has 1 aliphatic rings. The number of hydrogen-bond donors (Lipinski definition) is 1. The molecule has 0 aliphatic carbocycles. The lowest BCUT2D eigenvalue weighted by Gasteiger charge is -2.32. The van der Waals surface area contributed by atoms with Crippen LogP contribution in [0.1, 0.15) is 49.9 Å². The molecule has 2 nitrogen and oxygen atoms in total. The van der Waals surface area contributed by atoms with Crippen LogP contribution in [0.25, 0.3) is 0 Å². The molecule has 1 unspecified atom stereocenters. The molecule has 1 heterocycles. The van der Waals surface area contributed by atoms with Gasteiger partial charge in [-0.2, -0.15) is 0 Å². The van der Waals surface area contributed by atoms with Gasteiger partial charge >= 0.3 is 0 Å². The van der Waals surface area contributed by atoms with Gasteiger partial charge in [-0.3, -0.25) is 0 Å². The van der Waals surface area contributed by atoms with Gasteiger partial charge in [0.1, 0.15) is 5.75 Å². The highest BCUT2D eigenvalue weighted by Crippen LogP contribution is 2.40. The number of fused-ring (bicyclic) bond motifs is 1. The van der Waals surface area contributed by atoms with E-state index in [0.717, 1.165) is 18.8 Å². The first-order valence-corrected chi connectivity index (χ1v) is 6.38. The first-order chi connectivity index (χ1) is 7.93. The van der Waals surface area contributed by atoms with Crippen LogP contribution in [0, 0.1) is 6.92 Å². The topological polar surface area (TPSA) is 21.3 Å². The summed E-state index contributed by atoms with van der Waals surface area (Å²) in [7, 11) is 2.03. The van der Waals surface area contributed by atoms with Crippen molar-refractivity contribution in [3.63, 3.8) is 0 Å². The maximum atomic E-state index is 5.93. The van der Waals surface area contributed by atoms with Gasteiger partial charge in [0.15, 0.2) is 0 Å². The van der Waals surface area contributed by atoms with Gasteiger partial charge in [-0.25, -0.2) is 0 Å². The molecule has 1 N–H and O–H groups in total. The fraction of sp³-hybridized carbons (Fsp3) is 0.600. The Balaban J connectivity index is 2.59. The Morgan fingerprint density at radius 1 is 1.29 bits per heavy atom. The zero-order chi connectivity index (χ0) is 12.6. The lowest BCUT2D eigenvalue weighted by Crippen LogP contribution is -2.26. The van der Waals surface area contributed by atoms with Gasteiger partial charge in [0.25, 0.3) is 0 Å². The van der Waals surface area contributed by atoms with E-state index in [-0.39, 0.29) is 5.41 Å². The Bertz CT molecular complexity index is 418. The van der Waals surface area contributed by atoms with Crippen molar-refractivity contribution in [2.24, 2.45) is 0 Å². The predicted molar refractivity (Wildman–Crippen MR) is 71.8 cm³/mol. The highest BCUT2D eigenvalue weighted by Gasteiger charge is 2.27. The van der Waals surface area contributed by atoms with E-state index in [0.29, 0.717) is 6.04 Å². The van der Waals surface area contributed by atoms with Crippen LogP contribution in [0.2, 0.25) is 0 Å². The zero-order valence-corrected chi connectivity index (χ0v) is 11.6. The number of benzene rings is 1. The van der Waals surface area contributed by atoms with Gasteiger partial charge in [-0.1, -0.05) is 38.5 Å². The van der Waals surface area contributed by atoms with Crippen molar-refractivity contribution in [2.75, 3.05) is 13.7 Å². The minimum atomic E-state index is 0.131. The molecule has 0 saturated carbocycles. The van der Waals surface area contributed by atoms with Crippen molar-refractivity contribution in [3.8, 4) is 5.75 Å². The van der Waals surface area contributed by atoms with Crippen molar-refractivity contribution >= 4 is 0 Å². The molecular formula is C15H23NO. The SMILES string of the molecule is CNC1CCOc2c1cc(C)cc2C(C)(C)C. The van der Waals surface area contributed by atoms with Gasteiger partial charge in [0.05, 0.1) is 6.61 Å². The van der Waals surface area contributed by atoms with Crippen LogP contribution >= 0.6 is 0 Å². The molecule has 0 fully saturated rings. The number of aryl methyl sites for hydroxylation is 1. The van der Waals surface area contributed by atoms with Crippen molar-refractivity contribution < 1.29 is 4.74 Å². The molecule has 0 amide bonds. The van der Waals surface area contributed by atoms with Crippen LogP contribution < -0.4 is 10.1 Å². The molecule has 1 aromatic carbocycles. The smallest absolute Gasteiger partial charge is 0.127 e. The summed E-state index contributed by atoms with van der Waals surface area (Å²) in [5, 5.41) is 3.39. The van der Waals surface area contributed by atoms with E-state index in [1.807, 2.05) is 7.05 Å². The lowest BCUT2D eigenvalue weighted by atomic mass is 9.82. The summed E-state index contributed by atoms with van der Waals surface area (Å²) in [5.41, 5.74) is 4.10. The van der Waals surface area contributed by atoms with Crippen LogP contribution in [0.5, 0.6) is 5.75 Å². The second kappa shape index (κ2) is 4.34. The molecule has 2 rings (SSSR count). The van der Waals surface area contributed by atoms with Crippen molar-refractivity contribution in [1.82, 2.24) is 5.32 Å². The van der Waals surface area contributed by atoms with Crippen LogP contribution in [0.15, 0.2) is 12.1 Å². The molecule has 17 heavy (non-hydrogen) atoms. The standard InChI is InChI=1S/C15H23NO/c1-10-8-11-13(16-5)6-7-17-14(11)12(9-10)15(2,3)4/h8-9,13,16H,6-7H2,1-5H3. The maximum Gasteiger partial charge on any atom is 0.127 e. The normalized spacial score (nSPS) is 19.7. The average molecular weight is 233 g/mol. The first-order valence-electron chi connectivity index (χ1n) is 6.38. The van der Waals surface area contributed by atoms with E-state index in [2.05, 4.69) is 45.1 Å². The van der Waals surface area contributed by atoms with E-state index in [1.165, 1.54) is 16.7 Å². The van der Waals surface area contributed by atoms with E-state index < -0.39 is 0 Å². The molecular weight excluding hydrogens is 210 g/mol. The molecule has 1 aromatic rings. The fourth-order valence-electron chi connectivity index (χ4n) is 2.51. The summed E-state index contributed by atoms with van der Waals surface area (Å²) in [5.74, 6) is 1.11. The third kappa shape index (κ3) is 2.32. The third-order valence-corrected chi connectivity index (χ3v) is 3.45. The number of ether oxygens (including phenoxy) is 1. The molecule has 0 bridgehead atoms. The van der Waals surface area contributed by atoms with Crippen LogP contribution in [0.3, 0.4) is 0 Å². The largest absolute Gasteiger partial charge is 0.493 e. The maximum absolute atomic E-state index is 5.93. The summed E-state index contributed by atoms with van der Waals surface area (Å²) in [4.78, 5) is 0. The molecule has 0 saturated heterocycles. The Morgan fingerprint density at radius 3 is 2.59 bits per heavy atom. The molecule has 1 atom stereocenters. The number of rotatable bonds is 1.